The third-order valence-electron chi connectivity index (χ3n) is 5.65. The van der Waals surface area contributed by atoms with E-state index in [1.54, 1.807) is 17.0 Å². The zero-order chi connectivity index (χ0) is 25.8. The summed E-state index contributed by atoms with van der Waals surface area (Å²) in [6, 6.07) is 9.48. The molecule has 6 N–H and O–H groups in total. The van der Waals surface area contributed by atoms with Crippen molar-refractivity contribution in [2.24, 2.45) is 0 Å². The number of pyridine rings is 2. The number of hydrogen-bond donors (Lipinski definition) is 5. The average Bonchev–Trinajstić information content (AvgIpc) is 2.82. The molecule has 36 heavy (non-hydrogen) atoms. The van der Waals surface area contributed by atoms with Gasteiger partial charge in [-0.15, -0.1) is 0 Å². The molecular formula is C23H26F2N8O3. The molecule has 1 aliphatic rings. The summed E-state index contributed by atoms with van der Waals surface area (Å²) in [7, 11) is 1.85. The summed E-state index contributed by atoms with van der Waals surface area (Å²) in [6.07, 6.45) is 0. The lowest BCUT2D eigenvalue weighted by atomic mass is 10.1. The van der Waals surface area contributed by atoms with E-state index in [4.69, 9.17) is 10.9 Å². The third kappa shape index (κ3) is 5.66. The topological polar surface area (TPSA) is 147 Å². The summed E-state index contributed by atoms with van der Waals surface area (Å²) in [6.45, 7) is 2.06. The van der Waals surface area contributed by atoms with Gasteiger partial charge in [0, 0.05) is 43.9 Å². The number of carbonyl (C=O) groups is 1. The van der Waals surface area contributed by atoms with E-state index in [1.165, 1.54) is 18.2 Å². The van der Waals surface area contributed by atoms with Gasteiger partial charge in [-0.2, -0.15) is 5.23 Å². The van der Waals surface area contributed by atoms with Gasteiger partial charge in [0.2, 0.25) is 11.6 Å². The van der Waals surface area contributed by atoms with Gasteiger partial charge in [-0.1, -0.05) is 0 Å². The summed E-state index contributed by atoms with van der Waals surface area (Å²) in [5.74, 6) is -0.890. The molecule has 2 aromatic heterocycles. The Morgan fingerprint density at radius 2 is 1.78 bits per heavy atom. The van der Waals surface area contributed by atoms with E-state index in [0.717, 1.165) is 12.1 Å². The number of rotatable bonds is 8. The van der Waals surface area contributed by atoms with E-state index in [0.29, 0.717) is 43.5 Å². The molecule has 190 valence electrons. The number of nitrogen functional groups attached to an aromatic ring is 1. The molecule has 0 radical (unpaired) electrons. The maximum absolute atomic E-state index is 14.7. The van der Waals surface area contributed by atoms with Crippen molar-refractivity contribution in [1.82, 2.24) is 14.9 Å². The number of halogens is 2. The van der Waals surface area contributed by atoms with Gasteiger partial charge in [0.25, 0.3) is 0 Å². The quantitative estimate of drug-likeness (QED) is 0.227. The summed E-state index contributed by atoms with van der Waals surface area (Å²) in [4.78, 5) is 24.7. The molecule has 11 nitrogen and oxygen atoms in total. The average molecular weight is 501 g/mol. The smallest absolute Gasteiger partial charge is 0.241 e. The summed E-state index contributed by atoms with van der Waals surface area (Å²) in [5.41, 5.74) is 6.33. The lowest BCUT2D eigenvalue weighted by molar-refractivity contribution is -0.990. The lowest BCUT2D eigenvalue weighted by Gasteiger charge is -2.33. The van der Waals surface area contributed by atoms with Gasteiger partial charge in [0.1, 0.15) is 23.3 Å². The van der Waals surface area contributed by atoms with Crippen LogP contribution in [-0.2, 0) is 4.79 Å². The number of anilines is 4. The van der Waals surface area contributed by atoms with Gasteiger partial charge in [-0.05, 0) is 37.4 Å². The van der Waals surface area contributed by atoms with E-state index in [9.17, 15) is 18.8 Å². The van der Waals surface area contributed by atoms with E-state index < -0.39 is 16.9 Å². The van der Waals surface area contributed by atoms with Gasteiger partial charge >= 0.3 is 0 Å². The standard InChI is InChI=1S/C23H26F2N8O3/c1-31-10-11-32(21(34)13-31)17-4-6-19(29-22(17)15-3-2-14(24)12-16(15)25)27-8-9-28-20-7-5-18(33(35)36)23(26)30-20/h2-7,12,33,35H,8-11,13H2,1H3,(H,27,29)(H3,26,28,30). The molecule has 1 atom stereocenters. The number of likely N-dealkylation sites (N-methyl/N-ethyl adjacent to an activating group) is 1. The number of nitrogens with one attached hydrogen (secondary N) is 3. The van der Waals surface area contributed by atoms with Crippen molar-refractivity contribution in [2.45, 2.75) is 0 Å². The highest BCUT2D eigenvalue weighted by Gasteiger charge is 2.27. The van der Waals surface area contributed by atoms with Crippen LogP contribution in [0.15, 0.2) is 42.5 Å². The molecule has 0 aliphatic carbocycles. The van der Waals surface area contributed by atoms with E-state index in [2.05, 4.69) is 20.6 Å². The zero-order valence-electron chi connectivity index (χ0n) is 19.5. The van der Waals surface area contributed by atoms with Crippen LogP contribution in [0.1, 0.15) is 0 Å². The Morgan fingerprint density at radius 3 is 2.42 bits per heavy atom. The Kier molecular flexibility index (Phi) is 7.55. The van der Waals surface area contributed by atoms with Crippen molar-refractivity contribution >= 4 is 34.7 Å². The molecule has 0 spiro atoms. The second-order valence-corrected chi connectivity index (χ2v) is 8.26. The molecule has 4 rings (SSSR count). The number of benzene rings is 1. The monoisotopic (exact) mass is 500 g/mol. The van der Waals surface area contributed by atoms with Crippen molar-refractivity contribution in [2.75, 3.05) is 61.0 Å². The van der Waals surface area contributed by atoms with Crippen LogP contribution in [0.5, 0.6) is 0 Å². The van der Waals surface area contributed by atoms with Crippen LogP contribution in [0.3, 0.4) is 0 Å². The van der Waals surface area contributed by atoms with Crippen molar-refractivity contribution in [3.63, 3.8) is 0 Å². The van der Waals surface area contributed by atoms with Crippen molar-refractivity contribution < 1.29 is 24.0 Å². The highest BCUT2D eigenvalue weighted by Crippen LogP contribution is 2.33. The number of piperazine rings is 1. The Balaban J connectivity index is 1.51. The second-order valence-electron chi connectivity index (χ2n) is 8.26. The normalized spacial score (nSPS) is 15.1. The van der Waals surface area contributed by atoms with Crippen LogP contribution in [-0.4, -0.2) is 65.8 Å². The number of aromatic nitrogens is 2. The molecule has 0 saturated carbocycles. The first-order chi connectivity index (χ1) is 17.2. The van der Waals surface area contributed by atoms with Gasteiger partial charge in [-0.25, -0.2) is 24.0 Å². The van der Waals surface area contributed by atoms with Crippen LogP contribution in [0, 0.1) is 16.8 Å². The highest BCUT2D eigenvalue weighted by atomic mass is 19.1. The first-order valence-electron chi connectivity index (χ1n) is 11.2. The van der Waals surface area contributed by atoms with Crippen LogP contribution in [0.2, 0.25) is 0 Å². The lowest BCUT2D eigenvalue weighted by Crippen LogP contribution is -2.99. The van der Waals surface area contributed by atoms with Crippen LogP contribution in [0.25, 0.3) is 11.3 Å². The summed E-state index contributed by atoms with van der Waals surface area (Å²) in [5, 5.41) is 25.1. The van der Waals surface area contributed by atoms with Gasteiger partial charge in [0.15, 0.2) is 5.82 Å². The minimum absolute atomic E-state index is 0.0812. The minimum Gasteiger partial charge on any atom is -0.595 e. The van der Waals surface area contributed by atoms with Crippen molar-refractivity contribution in [3.8, 4) is 11.3 Å². The molecule has 3 heterocycles. The summed E-state index contributed by atoms with van der Waals surface area (Å²) < 4.78 is 28.2. The van der Waals surface area contributed by atoms with E-state index in [1.807, 2.05) is 11.9 Å². The predicted molar refractivity (Wildman–Crippen MR) is 131 cm³/mol. The fourth-order valence-corrected chi connectivity index (χ4v) is 3.83. The van der Waals surface area contributed by atoms with Crippen molar-refractivity contribution in [1.29, 1.82) is 0 Å². The number of quaternary nitrogens is 1. The fourth-order valence-electron chi connectivity index (χ4n) is 3.83. The first-order valence-corrected chi connectivity index (χ1v) is 11.2. The molecule has 1 fully saturated rings. The Bertz CT molecular complexity index is 1260. The van der Waals surface area contributed by atoms with Gasteiger partial charge < -0.3 is 26.5 Å². The fraction of sp³-hybridized carbons (Fsp3) is 0.261. The Morgan fingerprint density at radius 1 is 1.08 bits per heavy atom. The van der Waals surface area contributed by atoms with Gasteiger partial charge in [0.05, 0.1) is 17.9 Å². The highest BCUT2D eigenvalue weighted by molar-refractivity contribution is 5.99. The molecule has 1 amide bonds. The minimum atomic E-state index is -1.16. The number of nitrogens with zero attached hydrogens (tertiary/aromatic N) is 4. The number of amides is 1. The van der Waals surface area contributed by atoms with E-state index >= 15 is 0 Å². The number of hydrogen-bond acceptors (Lipinski definition) is 9. The maximum atomic E-state index is 14.7. The van der Waals surface area contributed by atoms with Crippen LogP contribution >= 0.6 is 0 Å². The molecule has 1 aliphatic heterocycles. The second kappa shape index (κ2) is 10.8. The molecule has 0 bridgehead atoms. The van der Waals surface area contributed by atoms with Crippen molar-refractivity contribution in [3.05, 3.63) is 59.3 Å². The largest absolute Gasteiger partial charge is 0.595 e. The van der Waals surface area contributed by atoms with Crippen LogP contribution < -0.4 is 26.5 Å². The van der Waals surface area contributed by atoms with E-state index in [-0.39, 0.29) is 35.2 Å². The molecule has 13 heteroatoms. The zero-order valence-corrected chi connectivity index (χ0v) is 19.5. The predicted octanol–water partition coefficient (Wildman–Crippen LogP) is 1.21. The summed E-state index contributed by atoms with van der Waals surface area (Å²) >= 11 is 0. The Labute approximate surface area is 205 Å². The third-order valence-corrected chi connectivity index (χ3v) is 5.65. The molecule has 1 unspecified atom stereocenters. The number of carbonyl (C=O) groups excluding carboxylic acids is 1. The first kappa shape index (κ1) is 25.2. The molecule has 1 saturated heterocycles. The molecular weight excluding hydrogens is 474 g/mol. The molecule has 1 aromatic carbocycles. The Hall–Kier alpha value is -3.91. The molecule has 3 aromatic rings. The SMILES string of the molecule is CN1CCN(c2ccc(NCCNc3ccc([NH+]([O-])O)c(N)n3)nc2-c2ccc(F)cc2F)C(=O)C1. The number of nitrogens with two attached hydrogens (primary N) is 1. The van der Waals surface area contributed by atoms with Crippen LogP contribution in [0.4, 0.5) is 37.6 Å². The maximum Gasteiger partial charge on any atom is 0.241 e. The van der Waals surface area contributed by atoms with Gasteiger partial charge in [-0.3, -0.25) is 9.69 Å².